The van der Waals surface area contributed by atoms with Crippen LogP contribution in [0.2, 0.25) is 5.02 Å². The molecular formula is C18H19Cl2NO2S. The van der Waals surface area contributed by atoms with E-state index < -0.39 is 9.05 Å². The van der Waals surface area contributed by atoms with E-state index in [1.165, 1.54) is 11.1 Å². The van der Waals surface area contributed by atoms with Crippen LogP contribution in [0.15, 0.2) is 35.2 Å². The van der Waals surface area contributed by atoms with Gasteiger partial charge in [0.15, 0.2) is 0 Å². The lowest BCUT2D eigenvalue weighted by Gasteiger charge is -2.34. The summed E-state index contributed by atoms with van der Waals surface area (Å²) in [5, 5.41) is 0.707. The van der Waals surface area contributed by atoms with Gasteiger partial charge in [0.2, 0.25) is 0 Å². The predicted octanol–water partition coefficient (Wildman–Crippen LogP) is 4.46. The van der Waals surface area contributed by atoms with E-state index in [1.807, 2.05) is 24.3 Å². The van der Waals surface area contributed by atoms with Crippen molar-refractivity contribution >= 4 is 31.3 Å². The summed E-state index contributed by atoms with van der Waals surface area (Å²) in [6, 6.07) is 9.46. The molecule has 1 heterocycles. The fourth-order valence-electron chi connectivity index (χ4n) is 3.45. The molecule has 0 spiro atoms. The van der Waals surface area contributed by atoms with Crippen LogP contribution in [0.4, 0.5) is 0 Å². The second-order valence-electron chi connectivity index (χ2n) is 6.50. The van der Waals surface area contributed by atoms with E-state index in [-0.39, 0.29) is 10.8 Å². The van der Waals surface area contributed by atoms with Gasteiger partial charge >= 0.3 is 0 Å². The Bertz CT molecular complexity index is 909. The van der Waals surface area contributed by atoms with Crippen LogP contribution in [0.1, 0.15) is 33.7 Å². The summed E-state index contributed by atoms with van der Waals surface area (Å²) in [5.41, 5.74) is 5.18. The summed E-state index contributed by atoms with van der Waals surface area (Å²) in [5.74, 6) is 0.0638. The first-order valence-electron chi connectivity index (χ1n) is 7.69. The highest BCUT2D eigenvalue weighted by Gasteiger charge is 2.27. The zero-order valence-corrected chi connectivity index (χ0v) is 16.1. The van der Waals surface area contributed by atoms with Gasteiger partial charge in [-0.25, -0.2) is 8.42 Å². The lowest BCUT2D eigenvalue weighted by molar-refractivity contribution is 0.294. The molecule has 24 heavy (non-hydrogen) atoms. The Labute approximate surface area is 152 Å². The Morgan fingerprint density at radius 2 is 1.83 bits per heavy atom. The smallest absolute Gasteiger partial charge is 0.261 e. The molecule has 2 aromatic carbocycles. The molecule has 0 bridgehead atoms. The molecule has 128 valence electrons. The number of aryl methyl sites for hydroxylation is 2. The monoisotopic (exact) mass is 383 g/mol. The number of likely N-dealkylation sites (N-methyl/N-ethyl adjacent to an activating group) is 1. The molecule has 0 radical (unpaired) electrons. The fourth-order valence-corrected chi connectivity index (χ4v) is 4.96. The van der Waals surface area contributed by atoms with E-state index in [9.17, 15) is 8.42 Å². The molecule has 6 heteroatoms. The highest BCUT2D eigenvalue weighted by molar-refractivity contribution is 8.13. The van der Waals surface area contributed by atoms with Crippen molar-refractivity contribution in [1.29, 1.82) is 0 Å². The number of hydrogen-bond donors (Lipinski definition) is 0. The second-order valence-corrected chi connectivity index (χ2v) is 9.47. The quantitative estimate of drug-likeness (QED) is 0.718. The summed E-state index contributed by atoms with van der Waals surface area (Å²) in [6.45, 7) is 5.48. The molecule has 0 saturated heterocycles. The minimum Gasteiger partial charge on any atom is -0.301 e. The van der Waals surface area contributed by atoms with Crippen LogP contribution in [-0.4, -0.2) is 26.9 Å². The number of rotatable bonds is 2. The SMILES string of the molecule is Cc1ccc(C2CN(C)Cc3c(C)cc(Cl)cc32)cc1S(=O)(=O)Cl. The third kappa shape index (κ3) is 3.33. The highest BCUT2D eigenvalue weighted by atomic mass is 35.7. The van der Waals surface area contributed by atoms with Gasteiger partial charge in [0.25, 0.3) is 9.05 Å². The lowest BCUT2D eigenvalue weighted by Crippen LogP contribution is -2.31. The van der Waals surface area contributed by atoms with Crippen LogP contribution in [0, 0.1) is 13.8 Å². The average Bonchev–Trinajstić information content (AvgIpc) is 2.47. The third-order valence-corrected chi connectivity index (χ3v) is 6.33. The van der Waals surface area contributed by atoms with Crippen molar-refractivity contribution in [3.63, 3.8) is 0 Å². The molecule has 3 rings (SSSR count). The van der Waals surface area contributed by atoms with Crippen molar-refractivity contribution in [2.75, 3.05) is 13.6 Å². The topological polar surface area (TPSA) is 37.4 Å². The molecular weight excluding hydrogens is 365 g/mol. The van der Waals surface area contributed by atoms with Crippen molar-refractivity contribution in [1.82, 2.24) is 4.90 Å². The van der Waals surface area contributed by atoms with Crippen LogP contribution in [0.25, 0.3) is 0 Å². The molecule has 0 saturated carbocycles. The van der Waals surface area contributed by atoms with Gasteiger partial charge in [-0.1, -0.05) is 23.7 Å². The maximum Gasteiger partial charge on any atom is 0.261 e. The summed E-state index contributed by atoms with van der Waals surface area (Å²) in [4.78, 5) is 2.41. The Hall–Kier alpha value is -1.07. The van der Waals surface area contributed by atoms with Crippen LogP contribution in [0.5, 0.6) is 0 Å². The molecule has 0 fully saturated rings. The Morgan fingerprint density at radius 1 is 1.12 bits per heavy atom. The van der Waals surface area contributed by atoms with E-state index in [2.05, 4.69) is 18.9 Å². The predicted molar refractivity (Wildman–Crippen MR) is 98.6 cm³/mol. The first kappa shape index (κ1) is 17.7. The van der Waals surface area contributed by atoms with Crippen molar-refractivity contribution in [3.05, 3.63) is 63.2 Å². The van der Waals surface area contributed by atoms with E-state index in [0.29, 0.717) is 10.6 Å². The second kappa shape index (κ2) is 6.34. The normalized spacial score (nSPS) is 18.5. The zero-order chi connectivity index (χ0) is 17.6. The van der Waals surface area contributed by atoms with Gasteiger partial charge in [-0.2, -0.15) is 0 Å². The maximum absolute atomic E-state index is 11.8. The van der Waals surface area contributed by atoms with Gasteiger partial charge in [0.1, 0.15) is 0 Å². The number of halogens is 2. The van der Waals surface area contributed by atoms with Gasteiger partial charge in [-0.05, 0) is 66.9 Å². The molecule has 1 atom stereocenters. The van der Waals surface area contributed by atoms with Crippen LogP contribution < -0.4 is 0 Å². The molecule has 0 amide bonds. The molecule has 1 aliphatic rings. The van der Waals surface area contributed by atoms with E-state index in [1.54, 1.807) is 13.0 Å². The Kier molecular flexibility index (Phi) is 4.69. The summed E-state index contributed by atoms with van der Waals surface area (Å²) < 4.78 is 23.7. The molecule has 2 aromatic rings. The largest absolute Gasteiger partial charge is 0.301 e. The molecule has 1 unspecified atom stereocenters. The van der Waals surface area contributed by atoms with Gasteiger partial charge in [0, 0.05) is 34.7 Å². The number of benzene rings is 2. The molecule has 3 nitrogen and oxygen atoms in total. The minimum absolute atomic E-state index is 0.0638. The fraction of sp³-hybridized carbons (Fsp3) is 0.333. The number of fused-ring (bicyclic) bond motifs is 1. The zero-order valence-electron chi connectivity index (χ0n) is 13.8. The molecule has 1 aliphatic heterocycles. The number of hydrogen-bond acceptors (Lipinski definition) is 3. The summed E-state index contributed by atoms with van der Waals surface area (Å²) in [7, 11) is 3.89. The lowest BCUT2D eigenvalue weighted by atomic mass is 9.83. The summed E-state index contributed by atoms with van der Waals surface area (Å²) in [6.07, 6.45) is 0. The molecule has 0 aliphatic carbocycles. The van der Waals surface area contributed by atoms with Gasteiger partial charge in [0.05, 0.1) is 4.90 Å². The maximum atomic E-state index is 11.8. The van der Waals surface area contributed by atoms with E-state index >= 15 is 0 Å². The molecule has 0 N–H and O–H groups in total. The van der Waals surface area contributed by atoms with Crippen LogP contribution >= 0.6 is 22.3 Å². The minimum atomic E-state index is -3.77. The van der Waals surface area contributed by atoms with Crippen molar-refractivity contribution in [2.45, 2.75) is 31.2 Å². The van der Waals surface area contributed by atoms with Crippen molar-refractivity contribution in [3.8, 4) is 0 Å². The van der Waals surface area contributed by atoms with Crippen molar-refractivity contribution in [2.24, 2.45) is 0 Å². The summed E-state index contributed by atoms with van der Waals surface area (Å²) >= 11 is 6.27. The van der Waals surface area contributed by atoms with E-state index in [0.717, 1.165) is 24.2 Å². The first-order valence-corrected chi connectivity index (χ1v) is 10.4. The van der Waals surface area contributed by atoms with Crippen LogP contribution in [-0.2, 0) is 15.6 Å². The van der Waals surface area contributed by atoms with Crippen LogP contribution in [0.3, 0.4) is 0 Å². The van der Waals surface area contributed by atoms with Gasteiger partial charge in [-0.15, -0.1) is 0 Å². The highest BCUT2D eigenvalue weighted by Crippen LogP contribution is 2.37. The molecule has 0 aromatic heterocycles. The third-order valence-electron chi connectivity index (χ3n) is 4.65. The average molecular weight is 384 g/mol. The van der Waals surface area contributed by atoms with Gasteiger partial charge in [-0.3, -0.25) is 0 Å². The van der Waals surface area contributed by atoms with E-state index in [4.69, 9.17) is 22.3 Å². The van der Waals surface area contributed by atoms with Gasteiger partial charge < -0.3 is 4.90 Å². The number of nitrogens with zero attached hydrogens (tertiary/aromatic N) is 1. The Morgan fingerprint density at radius 3 is 2.50 bits per heavy atom. The van der Waals surface area contributed by atoms with Crippen molar-refractivity contribution < 1.29 is 8.42 Å². The first-order chi connectivity index (χ1) is 11.2. The Balaban J connectivity index is 2.18. The standard InChI is InChI=1S/C18H19Cl2NO2S/c1-11-4-5-13(7-18(11)24(20,22)23)17-10-21(3)9-16-12(2)6-14(19)8-15(16)17/h4-8,17H,9-10H2,1-3H3.